The molecular weight excluding hydrogens is 831 g/mol. The fourth-order valence-corrected chi connectivity index (χ4v) is 8.87. The summed E-state index contributed by atoms with van der Waals surface area (Å²) in [6, 6.07) is -0.649. The maximum absolute atomic E-state index is 12.5. The molecule has 0 rings (SSSR count). The normalized spacial score (nSPS) is 13.4. The minimum Gasteiger partial charge on any atom is -0.394 e. The maximum Gasteiger partial charge on any atom is 0.220 e. The van der Waals surface area contributed by atoms with Gasteiger partial charge >= 0.3 is 0 Å². The number of amides is 1. The highest BCUT2D eigenvalue weighted by molar-refractivity contribution is 5.76. The van der Waals surface area contributed by atoms with Crippen molar-refractivity contribution in [2.45, 2.75) is 309 Å². The molecule has 0 spiro atoms. The first-order valence-electron chi connectivity index (χ1n) is 29.8. The van der Waals surface area contributed by atoms with Gasteiger partial charge in [0.05, 0.1) is 18.8 Å². The second kappa shape index (κ2) is 58.9. The molecule has 1 amide bonds. The Morgan fingerprint density at radius 3 is 1.03 bits per heavy atom. The van der Waals surface area contributed by atoms with Crippen LogP contribution in [0, 0.1) is 0 Å². The minimum atomic E-state index is -0.872. The Kier molecular flexibility index (Phi) is 56.8. The van der Waals surface area contributed by atoms with E-state index in [1.54, 1.807) is 6.08 Å². The molecule has 4 heteroatoms. The van der Waals surface area contributed by atoms with Gasteiger partial charge < -0.3 is 15.5 Å². The van der Waals surface area contributed by atoms with Crippen LogP contribution in [0.4, 0.5) is 0 Å². The van der Waals surface area contributed by atoms with Crippen LogP contribution in [0.25, 0.3) is 0 Å². The molecule has 68 heavy (non-hydrogen) atoms. The third-order valence-electron chi connectivity index (χ3n) is 13.4. The first kappa shape index (κ1) is 65.6. The van der Waals surface area contributed by atoms with Crippen LogP contribution in [0.3, 0.4) is 0 Å². The molecule has 0 aliphatic heterocycles. The van der Waals surface area contributed by atoms with E-state index in [2.05, 4.69) is 92.1 Å². The average molecular weight is 947 g/mol. The minimum absolute atomic E-state index is 0.0807. The van der Waals surface area contributed by atoms with E-state index < -0.39 is 12.1 Å². The summed E-state index contributed by atoms with van der Waals surface area (Å²) in [6.07, 6.45) is 86.2. The lowest BCUT2D eigenvalue weighted by atomic mass is 10.0. The molecule has 0 fully saturated rings. The quantitative estimate of drug-likeness (QED) is 0.0420. The van der Waals surface area contributed by atoms with Crippen molar-refractivity contribution in [1.82, 2.24) is 5.32 Å². The van der Waals surface area contributed by atoms with Gasteiger partial charge in [-0.05, 0) is 77.0 Å². The van der Waals surface area contributed by atoms with E-state index >= 15 is 0 Å². The number of nitrogens with one attached hydrogen (secondary N) is 1. The predicted molar refractivity (Wildman–Crippen MR) is 303 cm³/mol. The first-order valence-corrected chi connectivity index (χ1v) is 29.8. The van der Waals surface area contributed by atoms with Crippen LogP contribution in [-0.2, 0) is 4.79 Å². The van der Waals surface area contributed by atoms with Gasteiger partial charge in [-0.1, -0.05) is 298 Å². The number of allylic oxidation sites excluding steroid dienone is 13. The second-order valence-electron chi connectivity index (χ2n) is 20.0. The van der Waals surface area contributed by atoms with E-state index in [1.165, 1.54) is 205 Å². The Morgan fingerprint density at radius 2 is 0.662 bits per heavy atom. The van der Waals surface area contributed by atoms with Crippen LogP contribution < -0.4 is 5.32 Å². The average Bonchev–Trinajstić information content (AvgIpc) is 3.34. The van der Waals surface area contributed by atoms with E-state index in [4.69, 9.17) is 0 Å². The summed E-state index contributed by atoms with van der Waals surface area (Å²) in [5.74, 6) is -0.0807. The molecule has 2 unspecified atom stereocenters. The van der Waals surface area contributed by atoms with E-state index in [0.29, 0.717) is 6.42 Å². The van der Waals surface area contributed by atoms with E-state index in [9.17, 15) is 15.0 Å². The van der Waals surface area contributed by atoms with Gasteiger partial charge in [0.1, 0.15) is 0 Å². The van der Waals surface area contributed by atoms with Gasteiger partial charge in [-0.15, -0.1) is 0 Å². The van der Waals surface area contributed by atoms with Crippen LogP contribution in [-0.4, -0.2) is 34.9 Å². The summed E-state index contributed by atoms with van der Waals surface area (Å²) in [4.78, 5) is 12.5. The molecular formula is C64H115NO3. The van der Waals surface area contributed by atoms with Crippen LogP contribution in [0.2, 0.25) is 0 Å². The fourth-order valence-electron chi connectivity index (χ4n) is 8.87. The molecule has 0 heterocycles. The predicted octanol–water partition coefficient (Wildman–Crippen LogP) is 19.9. The molecule has 0 aromatic carbocycles. The van der Waals surface area contributed by atoms with Gasteiger partial charge in [-0.2, -0.15) is 0 Å². The second-order valence-corrected chi connectivity index (χ2v) is 20.0. The lowest BCUT2D eigenvalue weighted by molar-refractivity contribution is -0.123. The standard InChI is InChI=1S/C64H115NO3/c1-3-5-7-9-11-13-15-17-19-21-23-25-27-29-30-31-32-33-34-36-37-39-41-43-45-47-49-51-53-55-57-59-63(67)62(61-66)65-64(68)60-58-56-54-52-50-48-46-44-42-40-38-35-28-26-24-22-20-18-16-14-12-10-8-6-4-2/h6,8,12,14,18,20,24,26,35,38,49,51,57,59,62-63,66-67H,3-5,7,9-11,13,15-17,19,21-23,25,27-34,36-37,39-48,50,52-56,58,60-61H2,1-2H3,(H,65,68)/b8-6-,14-12-,20-18-,26-24-,38-35-,51-49+,59-57+. The highest BCUT2D eigenvalue weighted by Crippen LogP contribution is 2.17. The van der Waals surface area contributed by atoms with Gasteiger partial charge in [-0.25, -0.2) is 0 Å². The number of aliphatic hydroxyl groups excluding tert-OH is 2. The highest BCUT2D eigenvalue weighted by Gasteiger charge is 2.18. The SMILES string of the molecule is CC/C=C\C/C=C\C/C=C\C/C=C\C/C=C\CCCCCCCCCCCC(=O)NC(CO)C(O)/C=C/CC/C=C/CCCCCCCCCCCCCCCCCCCCCCCCCCC. The topological polar surface area (TPSA) is 69.6 Å². The summed E-state index contributed by atoms with van der Waals surface area (Å²) in [6.45, 7) is 4.20. The van der Waals surface area contributed by atoms with Crippen molar-refractivity contribution in [2.24, 2.45) is 0 Å². The van der Waals surface area contributed by atoms with Crippen LogP contribution in [0.5, 0.6) is 0 Å². The Balaban J connectivity index is 3.54. The third-order valence-corrected chi connectivity index (χ3v) is 13.4. The summed E-state index contributed by atoms with van der Waals surface area (Å²) >= 11 is 0. The number of carbonyl (C=O) groups excluding carboxylic acids is 1. The maximum atomic E-state index is 12.5. The lowest BCUT2D eigenvalue weighted by Crippen LogP contribution is -2.45. The number of aliphatic hydroxyl groups is 2. The zero-order valence-electron chi connectivity index (χ0n) is 45.4. The lowest BCUT2D eigenvalue weighted by Gasteiger charge is -2.19. The molecule has 0 saturated heterocycles. The van der Waals surface area contributed by atoms with E-state index in [1.807, 2.05) is 6.08 Å². The van der Waals surface area contributed by atoms with Gasteiger partial charge in [-0.3, -0.25) is 4.79 Å². The summed E-state index contributed by atoms with van der Waals surface area (Å²) in [5.41, 5.74) is 0. The molecule has 0 saturated carbocycles. The highest BCUT2D eigenvalue weighted by atomic mass is 16.3. The zero-order chi connectivity index (χ0) is 49.2. The van der Waals surface area contributed by atoms with Crippen molar-refractivity contribution >= 4 is 5.91 Å². The number of hydrogen-bond donors (Lipinski definition) is 3. The summed E-state index contributed by atoms with van der Waals surface area (Å²) in [7, 11) is 0. The molecule has 4 nitrogen and oxygen atoms in total. The molecule has 0 radical (unpaired) electrons. The Labute approximate surface area is 424 Å². The molecule has 0 aliphatic carbocycles. The Hall–Kier alpha value is -2.43. The molecule has 0 aliphatic rings. The van der Waals surface area contributed by atoms with Gasteiger partial charge in [0.15, 0.2) is 0 Å². The molecule has 2 atom stereocenters. The van der Waals surface area contributed by atoms with Crippen molar-refractivity contribution in [1.29, 1.82) is 0 Å². The van der Waals surface area contributed by atoms with Crippen molar-refractivity contribution < 1.29 is 15.0 Å². The zero-order valence-corrected chi connectivity index (χ0v) is 45.4. The number of hydrogen-bond acceptors (Lipinski definition) is 3. The number of carbonyl (C=O) groups is 1. The van der Waals surface area contributed by atoms with Gasteiger partial charge in [0, 0.05) is 6.42 Å². The smallest absolute Gasteiger partial charge is 0.220 e. The third kappa shape index (κ3) is 54.5. The van der Waals surface area contributed by atoms with E-state index in [0.717, 1.165) is 70.6 Å². The van der Waals surface area contributed by atoms with Crippen LogP contribution in [0.1, 0.15) is 296 Å². The van der Waals surface area contributed by atoms with E-state index in [-0.39, 0.29) is 12.5 Å². The summed E-state index contributed by atoms with van der Waals surface area (Å²) in [5, 5.41) is 23.2. The molecule has 0 bridgehead atoms. The van der Waals surface area contributed by atoms with Gasteiger partial charge in [0.2, 0.25) is 5.91 Å². The van der Waals surface area contributed by atoms with Crippen molar-refractivity contribution in [2.75, 3.05) is 6.61 Å². The molecule has 3 N–H and O–H groups in total. The molecule has 0 aromatic heterocycles. The van der Waals surface area contributed by atoms with Crippen LogP contribution in [0.15, 0.2) is 85.1 Å². The van der Waals surface area contributed by atoms with Crippen molar-refractivity contribution in [3.8, 4) is 0 Å². The Morgan fingerprint density at radius 1 is 0.368 bits per heavy atom. The number of rotatable bonds is 54. The summed E-state index contributed by atoms with van der Waals surface area (Å²) < 4.78 is 0. The molecule has 0 aromatic rings. The fraction of sp³-hybridized carbons (Fsp3) is 0.766. The monoisotopic (exact) mass is 946 g/mol. The number of unbranched alkanes of at least 4 members (excludes halogenated alkanes) is 35. The Bertz CT molecular complexity index is 1210. The van der Waals surface area contributed by atoms with Crippen LogP contribution >= 0.6 is 0 Å². The van der Waals surface area contributed by atoms with Crippen molar-refractivity contribution in [3.63, 3.8) is 0 Å². The van der Waals surface area contributed by atoms with Crippen molar-refractivity contribution in [3.05, 3.63) is 85.1 Å². The largest absolute Gasteiger partial charge is 0.394 e. The first-order chi connectivity index (χ1) is 33.7. The van der Waals surface area contributed by atoms with Gasteiger partial charge in [0.25, 0.3) is 0 Å². The molecule has 394 valence electrons.